The lowest BCUT2D eigenvalue weighted by atomic mass is 10.1. The van der Waals surface area contributed by atoms with Crippen LogP contribution in [-0.4, -0.2) is 22.4 Å². The van der Waals surface area contributed by atoms with Gasteiger partial charge >= 0.3 is 0 Å². The van der Waals surface area contributed by atoms with Crippen molar-refractivity contribution in [2.24, 2.45) is 0 Å². The Morgan fingerprint density at radius 1 is 1.12 bits per heavy atom. The second-order valence-corrected chi connectivity index (χ2v) is 5.07. The highest BCUT2D eigenvalue weighted by Gasteiger charge is 2.27. The van der Waals surface area contributed by atoms with Crippen molar-refractivity contribution in [2.45, 2.75) is 50.4 Å². The Bertz CT molecular complexity index is 416. The first-order chi connectivity index (χ1) is 8.24. The number of hydrogen-bond acceptors (Lipinski definition) is 3. The van der Waals surface area contributed by atoms with Crippen molar-refractivity contribution in [3.05, 3.63) is 29.3 Å². The molecule has 0 saturated heterocycles. The highest BCUT2D eigenvalue weighted by molar-refractivity contribution is 5.40. The van der Waals surface area contributed by atoms with Gasteiger partial charge in [0.1, 0.15) is 11.9 Å². The van der Waals surface area contributed by atoms with Crippen LogP contribution in [0, 0.1) is 0 Å². The maximum absolute atomic E-state index is 9.72. The van der Waals surface area contributed by atoms with E-state index >= 15 is 0 Å². The molecule has 3 rings (SSSR count). The lowest BCUT2D eigenvalue weighted by Gasteiger charge is -2.17. The summed E-state index contributed by atoms with van der Waals surface area (Å²) in [6, 6.07) is 5.86. The predicted molar refractivity (Wildman–Crippen MR) is 64.0 cm³/mol. The third-order valence-corrected chi connectivity index (χ3v) is 3.87. The molecule has 2 aliphatic carbocycles. The van der Waals surface area contributed by atoms with Gasteiger partial charge in [-0.2, -0.15) is 0 Å². The van der Waals surface area contributed by atoms with Crippen LogP contribution in [0.2, 0.25) is 0 Å². The summed E-state index contributed by atoms with van der Waals surface area (Å²) in [6.07, 6.45) is 3.85. The minimum absolute atomic E-state index is 0.0561. The molecule has 3 nitrogen and oxygen atoms in total. The van der Waals surface area contributed by atoms with Crippen molar-refractivity contribution in [3.63, 3.8) is 0 Å². The summed E-state index contributed by atoms with van der Waals surface area (Å²) >= 11 is 0. The average Bonchev–Trinajstić information content (AvgIpc) is 2.87. The van der Waals surface area contributed by atoms with Gasteiger partial charge in [0.05, 0.1) is 12.2 Å². The summed E-state index contributed by atoms with van der Waals surface area (Å²) in [7, 11) is 0. The molecule has 3 heteroatoms. The first kappa shape index (κ1) is 11.1. The van der Waals surface area contributed by atoms with E-state index in [1.165, 1.54) is 5.56 Å². The average molecular weight is 234 g/mol. The van der Waals surface area contributed by atoms with Gasteiger partial charge in [-0.1, -0.05) is 6.07 Å². The van der Waals surface area contributed by atoms with Gasteiger partial charge in [0, 0.05) is 0 Å². The molecule has 0 radical (unpaired) electrons. The molecule has 17 heavy (non-hydrogen) atoms. The normalized spacial score (nSPS) is 31.5. The van der Waals surface area contributed by atoms with E-state index in [0.29, 0.717) is 0 Å². The number of benzene rings is 1. The topological polar surface area (TPSA) is 49.7 Å². The van der Waals surface area contributed by atoms with Crippen LogP contribution in [0.25, 0.3) is 0 Å². The monoisotopic (exact) mass is 234 g/mol. The summed E-state index contributed by atoms with van der Waals surface area (Å²) in [5, 5.41) is 19.4. The van der Waals surface area contributed by atoms with Gasteiger partial charge in [0.15, 0.2) is 0 Å². The molecule has 1 aromatic carbocycles. The molecule has 1 aromatic rings. The predicted octanol–water partition coefficient (Wildman–Crippen LogP) is 1.96. The molecule has 92 valence electrons. The number of rotatable bonds is 2. The molecule has 0 aliphatic heterocycles. The molecule has 0 spiro atoms. The zero-order valence-electron chi connectivity index (χ0n) is 9.80. The number of aliphatic hydroxyl groups is 2. The van der Waals surface area contributed by atoms with Crippen LogP contribution in [0.5, 0.6) is 5.75 Å². The first-order valence-electron chi connectivity index (χ1n) is 6.39. The Kier molecular flexibility index (Phi) is 2.81. The molecule has 3 atom stereocenters. The SMILES string of the molecule is OC1CCCC1Oc1ccc2c(c1)CC[C@H]2O. The maximum atomic E-state index is 9.72. The Morgan fingerprint density at radius 2 is 2.00 bits per heavy atom. The fourth-order valence-electron chi connectivity index (χ4n) is 2.86. The van der Waals surface area contributed by atoms with Gasteiger partial charge in [-0.3, -0.25) is 0 Å². The zero-order valence-corrected chi connectivity index (χ0v) is 9.80. The van der Waals surface area contributed by atoms with Crippen LogP contribution < -0.4 is 4.74 Å². The molecule has 2 aliphatic rings. The summed E-state index contributed by atoms with van der Waals surface area (Å²) < 4.78 is 5.82. The minimum Gasteiger partial charge on any atom is -0.488 e. The molecular weight excluding hydrogens is 216 g/mol. The molecule has 1 saturated carbocycles. The third-order valence-electron chi connectivity index (χ3n) is 3.87. The molecular formula is C14H18O3. The van der Waals surface area contributed by atoms with Crippen molar-refractivity contribution in [1.29, 1.82) is 0 Å². The Balaban J connectivity index is 1.76. The Morgan fingerprint density at radius 3 is 2.76 bits per heavy atom. The number of fused-ring (bicyclic) bond motifs is 1. The molecule has 0 aromatic heterocycles. The van der Waals surface area contributed by atoms with E-state index in [-0.39, 0.29) is 18.3 Å². The second kappa shape index (κ2) is 4.31. The van der Waals surface area contributed by atoms with Crippen LogP contribution in [0.1, 0.15) is 42.9 Å². The van der Waals surface area contributed by atoms with Gasteiger partial charge in [-0.05, 0) is 55.4 Å². The number of aliphatic hydroxyl groups excluding tert-OH is 2. The first-order valence-corrected chi connectivity index (χ1v) is 6.39. The van der Waals surface area contributed by atoms with Gasteiger partial charge in [0.25, 0.3) is 0 Å². The standard InChI is InChI=1S/C14H18O3/c15-12-7-4-9-8-10(5-6-11(9)12)17-14-3-1-2-13(14)16/h5-6,8,12-16H,1-4,7H2/t12-,13?,14?/m1/s1. The summed E-state index contributed by atoms with van der Waals surface area (Å²) in [6.45, 7) is 0. The van der Waals surface area contributed by atoms with Gasteiger partial charge in [-0.15, -0.1) is 0 Å². The molecule has 2 N–H and O–H groups in total. The van der Waals surface area contributed by atoms with E-state index < -0.39 is 0 Å². The van der Waals surface area contributed by atoms with Gasteiger partial charge in [0.2, 0.25) is 0 Å². The smallest absolute Gasteiger partial charge is 0.124 e. The van der Waals surface area contributed by atoms with Crippen molar-refractivity contribution in [3.8, 4) is 5.75 Å². The lowest BCUT2D eigenvalue weighted by molar-refractivity contribution is 0.0603. The van der Waals surface area contributed by atoms with Crippen LogP contribution >= 0.6 is 0 Å². The van der Waals surface area contributed by atoms with E-state index in [0.717, 1.165) is 43.4 Å². The quantitative estimate of drug-likeness (QED) is 0.822. The Hall–Kier alpha value is -1.06. The molecule has 2 unspecified atom stereocenters. The van der Waals surface area contributed by atoms with Crippen molar-refractivity contribution < 1.29 is 14.9 Å². The van der Waals surface area contributed by atoms with E-state index in [4.69, 9.17) is 4.74 Å². The van der Waals surface area contributed by atoms with Crippen molar-refractivity contribution in [2.75, 3.05) is 0 Å². The summed E-state index contributed by atoms with van der Waals surface area (Å²) in [5.74, 6) is 0.823. The summed E-state index contributed by atoms with van der Waals surface area (Å²) in [5.41, 5.74) is 2.21. The van der Waals surface area contributed by atoms with Gasteiger partial charge < -0.3 is 14.9 Å². The van der Waals surface area contributed by atoms with Crippen LogP contribution in [0.3, 0.4) is 0 Å². The molecule has 1 fully saturated rings. The van der Waals surface area contributed by atoms with Crippen LogP contribution in [0.4, 0.5) is 0 Å². The van der Waals surface area contributed by atoms with Crippen LogP contribution in [0.15, 0.2) is 18.2 Å². The third kappa shape index (κ3) is 2.05. The van der Waals surface area contributed by atoms with Crippen LogP contribution in [-0.2, 0) is 6.42 Å². The zero-order chi connectivity index (χ0) is 11.8. The largest absolute Gasteiger partial charge is 0.488 e. The summed E-state index contributed by atoms with van der Waals surface area (Å²) in [4.78, 5) is 0. The maximum Gasteiger partial charge on any atom is 0.124 e. The Labute approximate surface area is 101 Å². The molecule has 0 bridgehead atoms. The van der Waals surface area contributed by atoms with E-state index in [1.807, 2.05) is 18.2 Å². The fourth-order valence-corrected chi connectivity index (χ4v) is 2.86. The highest BCUT2D eigenvalue weighted by Crippen LogP contribution is 2.34. The van der Waals surface area contributed by atoms with E-state index in [1.54, 1.807) is 0 Å². The van der Waals surface area contributed by atoms with Crippen molar-refractivity contribution in [1.82, 2.24) is 0 Å². The van der Waals surface area contributed by atoms with E-state index in [2.05, 4.69) is 0 Å². The highest BCUT2D eigenvalue weighted by atomic mass is 16.5. The lowest BCUT2D eigenvalue weighted by Crippen LogP contribution is -2.25. The van der Waals surface area contributed by atoms with Gasteiger partial charge in [-0.25, -0.2) is 0 Å². The fraction of sp³-hybridized carbons (Fsp3) is 0.571. The number of hydrogen-bond donors (Lipinski definition) is 2. The molecule has 0 amide bonds. The minimum atomic E-state index is -0.325. The number of aryl methyl sites for hydroxylation is 1. The second-order valence-electron chi connectivity index (χ2n) is 5.07. The number of ether oxygens (including phenoxy) is 1. The van der Waals surface area contributed by atoms with E-state index in [9.17, 15) is 10.2 Å². The van der Waals surface area contributed by atoms with Crippen molar-refractivity contribution >= 4 is 0 Å². The molecule has 0 heterocycles.